The molecule has 0 amide bonds. The van der Waals surface area contributed by atoms with Crippen LogP contribution in [-0.4, -0.2) is 29.3 Å². The van der Waals surface area contributed by atoms with Crippen LogP contribution in [0.2, 0.25) is 0 Å². The normalized spacial score (nSPS) is 13.4. The molecule has 2 aromatic rings. The van der Waals surface area contributed by atoms with Crippen LogP contribution in [0.1, 0.15) is 23.5 Å². The summed E-state index contributed by atoms with van der Waals surface area (Å²) < 4.78 is 5.48. The molecule has 2 N–H and O–H groups in total. The van der Waals surface area contributed by atoms with E-state index in [9.17, 15) is 5.11 Å². The fraction of sp³-hybridized carbons (Fsp3) is 0.333. The van der Waals surface area contributed by atoms with Crippen molar-refractivity contribution in [1.29, 1.82) is 5.26 Å². The first kappa shape index (κ1) is 15.4. The first-order chi connectivity index (χ1) is 10.2. The van der Waals surface area contributed by atoms with Crippen LogP contribution >= 0.6 is 11.3 Å². The van der Waals surface area contributed by atoms with E-state index in [1.807, 2.05) is 18.4 Å². The summed E-state index contributed by atoms with van der Waals surface area (Å²) in [5, 5.41) is 24.7. The molecule has 0 fully saturated rings. The largest absolute Gasteiger partial charge is 0.491 e. The number of aromatic nitrogens is 1. The van der Waals surface area contributed by atoms with Crippen molar-refractivity contribution in [3.63, 3.8) is 0 Å². The summed E-state index contributed by atoms with van der Waals surface area (Å²) in [4.78, 5) is 4.22. The third-order valence-electron chi connectivity index (χ3n) is 2.91. The zero-order chi connectivity index (χ0) is 15.1. The molecule has 0 aliphatic carbocycles. The molecule has 5 nitrogen and oxygen atoms in total. The third kappa shape index (κ3) is 4.83. The molecule has 2 rings (SSSR count). The van der Waals surface area contributed by atoms with Crippen LogP contribution in [0.5, 0.6) is 5.75 Å². The van der Waals surface area contributed by atoms with Crippen LogP contribution in [0.3, 0.4) is 0 Å². The number of nitrogens with zero attached hydrogens (tertiary/aromatic N) is 2. The number of hydrogen-bond acceptors (Lipinski definition) is 6. The first-order valence-electron chi connectivity index (χ1n) is 6.63. The average Bonchev–Trinajstić information content (AvgIpc) is 3.05. The molecule has 0 bridgehead atoms. The van der Waals surface area contributed by atoms with E-state index < -0.39 is 6.10 Å². The van der Waals surface area contributed by atoms with Crippen molar-refractivity contribution >= 4 is 11.3 Å². The lowest BCUT2D eigenvalue weighted by molar-refractivity contribution is 0.104. The van der Waals surface area contributed by atoms with Gasteiger partial charge in [0.25, 0.3) is 0 Å². The maximum atomic E-state index is 9.90. The Morgan fingerprint density at radius 3 is 2.81 bits per heavy atom. The van der Waals surface area contributed by atoms with Gasteiger partial charge in [-0.15, -0.1) is 11.3 Å². The summed E-state index contributed by atoms with van der Waals surface area (Å²) in [5.41, 5.74) is 0.585. The van der Waals surface area contributed by atoms with Gasteiger partial charge in [-0.25, -0.2) is 4.98 Å². The van der Waals surface area contributed by atoms with E-state index in [1.165, 1.54) is 0 Å². The lowest BCUT2D eigenvalue weighted by Gasteiger charge is -2.16. The maximum Gasteiger partial charge on any atom is 0.119 e. The Morgan fingerprint density at radius 1 is 1.43 bits per heavy atom. The second-order valence-corrected chi connectivity index (χ2v) is 5.53. The van der Waals surface area contributed by atoms with Gasteiger partial charge in [0.05, 0.1) is 17.7 Å². The van der Waals surface area contributed by atoms with E-state index in [0.29, 0.717) is 17.9 Å². The SMILES string of the molecule is CC(NCC(O)COc1ccc(C#N)cc1)c1nccs1. The first-order valence-corrected chi connectivity index (χ1v) is 7.51. The molecule has 2 atom stereocenters. The number of hydrogen-bond donors (Lipinski definition) is 2. The standard InChI is InChI=1S/C15H17N3O2S/c1-11(15-17-6-7-21-15)18-9-13(19)10-20-14-4-2-12(8-16)3-5-14/h2-7,11,13,18-19H,9-10H2,1H3. The Bertz CT molecular complexity index is 578. The molecule has 0 saturated carbocycles. The maximum absolute atomic E-state index is 9.90. The predicted octanol–water partition coefficient (Wildman–Crippen LogP) is 2.11. The summed E-state index contributed by atoms with van der Waals surface area (Å²) >= 11 is 1.58. The van der Waals surface area contributed by atoms with Crippen LogP contribution in [0.15, 0.2) is 35.8 Å². The Labute approximate surface area is 127 Å². The molecule has 1 aromatic carbocycles. The number of nitriles is 1. The quantitative estimate of drug-likeness (QED) is 0.819. The van der Waals surface area contributed by atoms with Crippen LogP contribution in [-0.2, 0) is 0 Å². The van der Waals surface area contributed by atoms with Gasteiger partial charge < -0.3 is 15.2 Å². The van der Waals surface area contributed by atoms with Gasteiger partial charge in [-0.05, 0) is 31.2 Å². The van der Waals surface area contributed by atoms with Crippen molar-refractivity contribution in [3.05, 3.63) is 46.4 Å². The summed E-state index contributed by atoms with van der Waals surface area (Å²) in [7, 11) is 0. The smallest absolute Gasteiger partial charge is 0.119 e. The number of rotatable bonds is 7. The molecule has 21 heavy (non-hydrogen) atoms. The number of nitrogens with one attached hydrogen (secondary N) is 1. The number of ether oxygens (including phenoxy) is 1. The van der Waals surface area contributed by atoms with E-state index in [0.717, 1.165) is 5.01 Å². The van der Waals surface area contributed by atoms with Gasteiger partial charge in [-0.1, -0.05) is 0 Å². The van der Waals surface area contributed by atoms with Crippen molar-refractivity contribution in [1.82, 2.24) is 10.3 Å². The lowest BCUT2D eigenvalue weighted by Crippen LogP contribution is -2.33. The fourth-order valence-electron chi connectivity index (χ4n) is 1.73. The Hall–Kier alpha value is -1.94. The summed E-state index contributed by atoms with van der Waals surface area (Å²) in [6.45, 7) is 2.63. The van der Waals surface area contributed by atoms with Gasteiger partial charge >= 0.3 is 0 Å². The van der Waals surface area contributed by atoms with Gasteiger partial charge in [-0.3, -0.25) is 0 Å². The van der Waals surface area contributed by atoms with E-state index in [4.69, 9.17) is 10.00 Å². The summed E-state index contributed by atoms with van der Waals surface area (Å²) in [6.07, 6.45) is 1.16. The highest BCUT2D eigenvalue weighted by Crippen LogP contribution is 2.15. The second-order valence-electron chi connectivity index (χ2n) is 4.60. The van der Waals surface area contributed by atoms with Crippen molar-refractivity contribution in [2.45, 2.75) is 19.1 Å². The van der Waals surface area contributed by atoms with Gasteiger partial charge in [0.1, 0.15) is 23.5 Å². The highest BCUT2D eigenvalue weighted by atomic mass is 32.1. The highest BCUT2D eigenvalue weighted by Gasteiger charge is 2.11. The van der Waals surface area contributed by atoms with Crippen LogP contribution in [0.25, 0.3) is 0 Å². The van der Waals surface area contributed by atoms with E-state index in [1.54, 1.807) is 41.8 Å². The minimum Gasteiger partial charge on any atom is -0.491 e. The molecule has 0 aliphatic heterocycles. The Kier molecular flexibility index (Phi) is 5.69. The molecular weight excluding hydrogens is 286 g/mol. The van der Waals surface area contributed by atoms with Crippen molar-refractivity contribution in [2.75, 3.05) is 13.2 Å². The highest BCUT2D eigenvalue weighted by molar-refractivity contribution is 7.09. The minimum atomic E-state index is -0.608. The molecule has 0 saturated heterocycles. The molecular formula is C15H17N3O2S. The van der Waals surface area contributed by atoms with Crippen molar-refractivity contribution < 1.29 is 9.84 Å². The van der Waals surface area contributed by atoms with Gasteiger partial charge in [0.2, 0.25) is 0 Å². The van der Waals surface area contributed by atoms with Gasteiger partial charge in [0.15, 0.2) is 0 Å². The molecule has 0 spiro atoms. The van der Waals surface area contributed by atoms with E-state index in [2.05, 4.69) is 10.3 Å². The third-order valence-corrected chi connectivity index (χ3v) is 3.87. The predicted molar refractivity (Wildman–Crippen MR) is 81.2 cm³/mol. The van der Waals surface area contributed by atoms with Crippen LogP contribution < -0.4 is 10.1 Å². The molecule has 0 radical (unpaired) electrons. The van der Waals surface area contributed by atoms with Gasteiger partial charge in [-0.2, -0.15) is 5.26 Å². The van der Waals surface area contributed by atoms with E-state index >= 15 is 0 Å². The molecule has 6 heteroatoms. The van der Waals surface area contributed by atoms with Crippen molar-refractivity contribution in [2.24, 2.45) is 0 Å². The Balaban J connectivity index is 1.72. The number of aliphatic hydroxyl groups excluding tert-OH is 1. The topological polar surface area (TPSA) is 78.2 Å². The van der Waals surface area contributed by atoms with Crippen LogP contribution in [0.4, 0.5) is 0 Å². The summed E-state index contributed by atoms with van der Waals surface area (Å²) in [6, 6.07) is 8.96. The fourth-order valence-corrected chi connectivity index (χ4v) is 2.40. The monoisotopic (exact) mass is 303 g/mol. The average molecular weight is 303 g/mol. The molecule has 2 unspecified atom stereocenters. The number of benzene rings is 1. The lowest BCUT2D eigenvalue weighted by atomic mass is 10.2. The zero-order valence-corrected chi connectivity index (χ0v) is 12.5. The van der Waals surface area contributed by atoms with E-state index in [-0.39, 0.29) is 12.6 Å². The number of aliphatic hydroxyl groups is 1. The molecule has 1 heterocycles. The second kappa shape index (κ2) is 7.74. The summed E-state index contributed by atoms with van der Waals surface area (Å²) in [5.74, 6) is 0.640. The molecule has 110 valence electrons. The number of thiazole rings is 1. The minimum absolute atomic E-state index is 0.106. The van der Waals surface area contributed by atoms with Gasteiger partial charge in [0, 0.05) is 18.1 Å². The Morgan fingerprint density at radius 2 is 2.19 bits per heavy atom. The van der Waals surface area contributed by atoms with Crippen LogP contribution in [0, 0.1) is 11.3 Å². The zero-order valence-electron chi connectivity index (χ0n) is 11.7. The molecule has 0 aliphatic rings. The molecule has 1 aromatic heterocycles. The van der Waals surface area contributed by atoms with Crippen molar-refractivity contribution in [3.8, 4) is 11.8 Å².